The summed E-state index contributed by atoms with van der Waals surface area (Å²) in [5, 5.41) is 14.6. The fraction of sp³-hybridized carbons (Fsp3) is 0.536. The molecule has 2 rings (SSSR count). The van der Waals surface area contributed by atoms with Crippen LogP contribution in [0.25, 0.3) is 0 Å². The van der Waals surface area contributed by atoms with E-state index in [1.54, 1.807) is 0 Å². The Kier molecular flexibility index (Phi) is 18.1. The maximum Gasteiger partial charge on any atom is 0.299 e. The van der Waals surface area contributed by atoms with E-state index in [2.05, 4.69) is 41.4 Å². The molecule has 194 valence electrons. The predicted molar refractivity (Wildman–Crippen MR) is 146 cm³/mol. The molecule has 0 saturated carbocycles. The third kappa shape index (κ3) is 15.7. The molecule has 2 aromatic rings. The van der Waals surface area contributed by atoms with Gasteiger partial charge in [0.05, 0.1) is 18.0 Å². The maximum atomic E-state index is 5.80. The number of thioether (sulfide) groups is 1. The topological polar surface area (TPSA) is 85.6 Å². The number of unbranched alkanes of at least 4 members (excludes halogenated alkanes) is 9. The van der Waals surface area contributed by atoms with Gasteiger partial charge in [-0.1, -0.05) is 64.0 Å². The zero-order valence-corrected chi connectivity index (χ0v) is 23.7. The van der Waals surface area contributed by atoms with Gasteiger partial charge in [-0.05, 0) is 85.8 Å². The Hall–Kier alpha value is -1.86. The number of hydrogen-bond donors (Lipinski definition) is 2. The number of azo groups is 1. The number of nitrogens with two attached hydrogens (primary N) is 2. The SMILES string of the molecule is CCCCCCCCCCc1ccc(N=Nc2ccc(OCCCCCSC(N)=[NH2+])cc2)cc1.[Br-]. The molecule has 0 aliphatic heterocycles. The zero-order valence-electron chi connectivity index (χ0n) is 21.3. The molecule has 0 unspecified atom stereocenters. The van der Waals surface area contributed by atoms with Crippen LogP contribution in [0.2, 0.25) is 0 Å². The Labute approximate surface area is 227 Å². The van der Waals surface area contributed by atoms with Gasteiger partial charge in [0.15, 0.2) is 0 Å². The monoisotopic (exact) mass is 562 g/mol. The molecule has 0 spiro atoms. The smallest absolute Gasteiger partial charge is 0.299 e. The molecule has 7 heteroatoms. The summed E-state index contributed by atoms with van der Waals surface area (Å²) < 4.78 is 5.80. The van der Waals surface area contributed by atoms with Crippen LogP contribution in [0.4, 0.5) is 11.4 Å². The van der Waals surface area contributed by atoms with Gasteiger partial charge in [0.2, 0.25) is 0 Å². The lowest BCUT2D eigenvalue weighted by atomic mass is 10.0. The van der Waals surface area contributed by atoms with Crippen molar-refractivity contribution in [3.8, 4) is 5.75 Å². The van der Waals surface area contributed by atoms with Crippen LogP contribution >= 0.6 is 11.8 Å². The van der Waals surface area contributed by atoms with Crippen LogP contribution in [0.1, 0.15) is 83.1 Å². The summed E-state index contributed by atoms with van der Waals surface area (Å²) in [4.78, 5) is 0. The highest BCUT2D eigenvalue weighted by Crippen LogP contribution is 2.22. The molecule has 0 aliphatic carbocycles. The lowest BCUT2D eigenvalue weighted by molar-refractivity contribution is -0.110. The van der Waals surface area contributed by atoms with Gasteiger partial charge in [0, 0.05) is 5.75 Å². The van der Waals surface area contributed by atoms with E-state index in [9.17, 15) is 0 Å². The van der Waals surface area contributed by atoms with E-state index in [4.69, 9.17) is 15.9 Å². The Bertz CT molecular complexity index is 828. The first-order valence-corrected chi connectivity index (χ1v) is 13.9. The van der Waals surface area contributed by atoms with E-state index >= 15 is 0 Å². The highest BCUT2D eigenvalue weighted by Gasteiger charge is 1.99. The number of aryl methyl sites for hydroxylation is 1. The van der Waals surface area contributed by atoms with Crippen LogP contribution in [-0.2, 0) is 6.42 Å². The highest BCUT2D eigenvalue weighted by atomic mass is 79.9. The van der Waals surface area contributed by atoms with E-state index in [1.807, 2.05) is 24.3 Å². The summed E-state index contributed by atoms with van der Waals surface area (Å²) >= 11 is 1.51. The van der Waals surface area contributed by atoms with Gasteiger partial charge in [-0.3, -0.25) is 11.1 Å². The van der Waals surface area contributed by atoms with Gasteiger partial charge < -0.3 is 21.7 Å². The number of amidine groups is 1. The minimum Gasteiger partial charge on any atom is -1.00 e. The second-order valence-electron chi connectivity index (χ2n) is 8.75. The van der Waals surface area contributed by atoms with Gasteiger partial charge in [0.1, 0.15) is 5.75 Å². The van der Waals surface area contributed by atoms with E-state index in [0.717, 1.165) is 48.6 Å². The van der Waals surface area contributed by atoms with Crippen molar-refractivity contribution in [1.82, 2.24) is 0 Å². The molecule has 35 heavy (non-hydrogen) atoms. The van der Waals surface area contributed by atoms with Crippen molar-refractivity contribution in [3.05, 3.63) is 54.1 Å². The molecule has 0 saturated heterocycles. The molecule has 0 fully saturated rings. The van der Waals surface area contributed by atoms with Gasteiger partial charge >= 0.3 is 0 Å². The Morgan fingerprint density at radius 3 is 1.91 bits per heavy atom. The van der Waals surface area contributed by atoms with Gasteiger partial charge in [0.25, 0.3) is 5.17 Å². The molecule has 2 aromatic carbocycles. The van der Waals surface area contributed by atoms with E-state index in [1.165, 1.54) is 68.7 Å². The van der Waals surface area contributed by atoms with Crippen molar-refractivity contribution in [1.29, 1.82) is 0 Å². The van der Waals surface area contributed by atoms with Crippen LogP contribution in [-0.4, -0.2) is 17.5 Å². The summed E-state index contributed by atoms with van der Waals surface area (Å²) in [5.41, 5.74) is 8.52. The Morgan fingerprint density at radius 1 is 0.771 bits per heavy atom. The molecule has 0 radical (unpaired) electrons. The Balaban J connectivity index is 0.00000612. The van der Waals surface area contributed by atoms with Crippen LogP contribution in [0.5, 0.6) is 5.75 Å². The zero-order chi connectivity index (χ0) is 24.3. The van der Waals surface area contributed by atoms with Crippen LogP contribution < -0.4 is 32.9 Å². The number of ether oxygens (including phenoxy) is 1. The first-order chi connectivity index (χ1) is 16.7. The van der Waals surface area contributed by atoms with Crippen molar-refractivity contribution in [2.24, 2.45) is 16.0 Å². The van der Waals surface area contributed by atoms with Crippen LogP contribution in [0.15, 0.2) is 58.8 Å². The number of rotatable bonds is 18. The first-order valence-electron chi connectivity index (χ1n) is 12.9. The average molecular weight is 564 g/mol. The molecular weight excluding hydrogens is 520 g/mol. The maximum absolute atomic E-state index is 5.80. The van der Waals surface area contributed by atoms with E-state index in [0.29, 0.717) is 11.8 Å². The number of hydrogen-bond acceptors (Lipinski definition) is 4. The minimum atomic E-state index is 0. The largest absolute Gasteiger partial charge is 1.00 e. The second kappa shape index (κ2) is 20.3. The standard InChI is InChI=1S/C28H42N4OS.BrH/c1-2-3-4-5-6-7-8-10-13-24-14-16-25(17-15-24)31-32-26-18-20-27(21-19-26)33-22-11-9-12-23-34-28(29)30;/h14-21H,2-13,22-23H2,1H3,(H3,29,30);1H. The summed E-state index contributed by atoms with van der Waals surface area (Å²) in [6.07, 6.45) is 15.2. The van der Waals surface area contributed by atoms with Gasteiger partial charge in [-0.25, -0.2) is 0 Å². The summed E-state index contributed by atoms with van der Waals surface area (Å²) in [6, 6.07) is 16.2. The van der Waals surface area contributed by atoms with Crippen molar-refractivity contribution < 1.29 is 27.1 Å². The summed E-state index contributed by atoms with van der Waals surface area (Å²) in [7, 11) is 0. The predicted octanol–water partition coefficient (Wildman–Crippen LogP) is 4.15. The minimum absolute atomic E-state index is 0. The second-order valence-corrected chi connectivity index (χ2v) is 9.91. The van der Waals surface area contributed by atoms with Crippen molar-refractivity contribution in [2.75, 3.05) is 12.4 Å². The average Bonchev–Trinajstić information content (AvgIpc) is 2.85. The quantitative estimate of drug-likeness (QED) is 0.124. The fourth-order valence-electron chi connectivity index (χ4n) is 3.68. The Morgan fingerprint density at radius 2 is 1.31 bits per heavy atom. The molecule has 0 amide bonds. The first kappa shape index (κ1) is 31.2. The molecule has 4 N–H and O–H groups in total. The van der Waals surface area contributed by atoms with Crippen LogP contribution in [0, 0.1) is 0 Å². The van der Waals surface area contributed by atoms with Crippen molar-refractivity contribution in [3.63, 3.8) is 0 Å². The molecule has 0 aromatic heterocycles. The molecule has 0 bridgehead atoms. The van der Waals surface area contributed by atoms with Crippen molar-refractivity contribution in [2.45, 2.75) is 84.0 Å². The number of benzene rings is 2. The summed E-state index contributed by atoms with van der Waals surface area (Å²) in [5.74, 6) is 1.82. The molecule has 0 atom stereocenters. The third-order valence-electron chi connectivity index (χ3n) is 5.70. The normalized spacial score (nSPS) is 10.9. The molecule has 0 aliphatic rings. The summed E-state index contributed by atoms with van der Waals surface area (Å²) in [6.45, 7) is 2.98. The van der Waals surface area contributed by atoms with Crippen LogP contribution in [0.3, 0.4) is 0 Å². The van der Waals surface area contributed by atoms with E-state index in [-0.39, 0.29) is 17.0 Å². The molecule has 5 nitrogen and oxygen atoms in total. The molecular formula is C28H43BrN4OS. The molecule has 0 heterocycles. The van der Waals surface area contributed by atoms with E-state index < -0.39 is 0 Å². The highest BCUT2D eigenvalue weighted by molar-refractivity contribution is 8.13. The fourth-order valence-corrected chi connectivity index (χ4v) is 4.26. The van der Waals surface area contributed by atoms with Gasteiger partial charge in [-0.15, -0.1) is 0 Å². The number of nitrogens with zero attached hydrogens (tertiary/aromatic N) is 2. The lowest BCUT2D eigenvalue weighted by Crippen LogP contribution is -3.00. The third-order valence-corrected chi connectivity index (χ3v) is 6.53. The lowest BCUT2D eigenvalue weighted by Gasteiger charge is -2.06. The van der Waals surface area contributed by atoms with Crippen molar-refractivity contribution >= 4 is 28.3 Å². The number of halogens is 1. The van der Waals surface area contributed by atoms with Gasteiger partial charge in [-0.2, -0.15) is 10.2 Å².